The van der Waals surface area contributed by atoms with Crippen LogP contribution in [0.15, 0.2) is 91.3 Å². The Kier molecular flexibility index (Phi) is 6.68. The van der Waals surface area contributed by atoms with Crippen LogP contribution in [0.4, 0.5) is 0 Å². The molecule has 0 aliphatic carbocycles. The number of benzene rings is 2. The van der Waals surface area contributed by atoms with Crippen molar-refractivity contribution in [2.45, 2.75) is 13.0 Å². The van der Waals surface area contributed by atoms with E-state index in [0.29, 0.717) is 12.4 Å². The number of ketones is 2. The number of rotatable bonds is 9. The van der Waals surface area contributed by atoms with E-state index in [9.17, 15) is 9.59 Å². The van der Waals surface area contributed by atoms with Crippen LogP contribution in [0.1, 0.15) is 23.2 Å². The maximum absolute atomic E-state index is 12.2. The Balaban J connectivity index is 1.31. The molecular weight excluding hydrogens is 400 g/mol. The molecule has 0 radical (unpaired) electrons. The van der Waals surface area contributed by atoms with Crippen LogP contribution in [0.3, 0.4) is 0 Å². The third-order valence-electron chi connectivity index (χ3n) is 4.85. The molecule has 2 aromatic heterocycles. The lowest BCUT2D eigenvalue weighted by molar-refractivity contribution is -0.121. The smallest absolute Gasteiger partial charge is 0.163 e. The number of carbonyl (C=O) groups excluding carboxylic acids is 2. The van der Waals surface area contributed by atoms with E-state index in [-0.39, 0.29) is 18.0 Å². The molecule has 0 aliphatic heterocycles. The lowest BCUT2D eigenvalue weighted by atomic mass is 10.1. The number of aromatic amines is 1. The molecule has 0 aliphatic rings. The van der Waals surface area contributed by atoms with Crippen LogP contribution >= 0.6 is 0 Å². The molecule has 0 spiro atoms. The summed E-state index contributed by atoms with van der Waals surface area (Å²) < 4.78 is 5.75. The van der Waals surface area contributed by atoms with Crippen molar-refractivity contribution in [2.24, 2.45) is 0 Å². The van der Waals surface area contributed by atoms with Crippen molar-refractivity contribution in [1.29, 1.82) is 0 Å². The van der Waals surface area contributed by atoms with Gasteiger partial charge in [-0.15, -0.1) is 0 Å². The Labute approximate surface area is 186 Å². The number of ether oxygens (including phenoxy) is 1. The first-order valence-electron chi connectivity index (χ1n) is 10.3. The van der Waals surface area contributed by atoms with Gasteiger partial charge < -0.3 is 9.72 Å². The summed E-state index contributed by atoms with van der Waals surface area (Å²) in [6.45, 7) is 0.365. The highest BCUT2D eigenvalue weighted by atomic mass is 16.5. The highest BCUT2D eigenvalue weighted by Gasteiger charge is 2.05. The van der Waals surface area contributed by atoms with E-state index < -0.39 is 0 Å². The SMILES string of the molecule is O=C(C=Cc1cccc(OCc2ccccn2)c1)CC(=O)C=Cc1c[nH]c2ccccc12. The normalized spacial score (nSPS) is 11.4. The summed E-state index contributed by atoms with van der Waals surface area (Å²) in [7, 11) is 0. The summed E-state index contributed by atoms with van der Waals surface area (Å²) in [5, 5.41) is 1.04. The fraction of sp³-hybridized carbons (Fsp3) is 0.0741. The summed E-state index contributed by atoms with van der Waals surface area (Å²) in [5.41, 5.74) is 3.57. The molecule has 4 aromatic rings. The molecule has 158 valence electrons. The minimum atomic E-state index is -0.251. The number of hydrogen-bond donors (Lipinski definition) is 1. The van der Waals surface area contributed by atoms with E-state index in [4.69, 9.17) is 4.74 Å². The summed E-state index contributed by atoms with van der Waals surface area (Å²) in [6.07, 6.45) is 9.70. The summed E-state index contributed by atoms with van der Waals surface area (Å²) in [5.74, 6) is 0.193. The first-order chi connectivity index (χ1) is 15.7. The second kappa shape index (κ2) is 10.2. The van der Waals surface area contributed by atoms with Gasteiger partial charge in [-0.25, -0.2) is 0 Å². The Hall–Kier alpha value is -4.25. The third-order valence-corrected chi connectivity index (χ3v) is 4.85. The van der Waals surface area contributed by atoms with Crippen LogP contribution in [0, 0.1) is 0 Å². The number of carbonyl (C=O) groups is 2. The zero-order chi connectivity index (χ0) is 22.2. The monoisotopic (exact) mass is 422 g/mol. The van der Waals surface area contributed by atoms with Crippen LogP contribution in [0.2, 0.25) is 0 Å². The molecule has 0 saturated carbocycles. The van der Waals surface area contributed by atoms with Crippen molar-refractivity contribution < 1.29 is 14.3 Å². The van der Waals surface area contributed by atoms with Gasteiger partial charge in [-0.1, -0.05) is 42.5 Å². The highest BCUT2D eigenvalue weighted by molar-refractivity contribution is 6.11. The van der Waals surface area contributed by atoms with Crippen molar-refractivity contribution in [3.63, 3.8) is 0 Å². The fourth-order valence-electron chi connectivity index (χ4n) is 3.24. The van der Waals surface area contributed by atoms with Crippen LogP contribution in [0.25, 0.3) is 23.1 Å². The summed E-state index contributed by atoms with van der Waals surface area (Å²) in [4.78, 5) is 31.8. The highest BCUT2D eigenvalue weighted by Crippen LogP contribution is 2.19. The number of H-pyrrole nitrogens is 1. The van der Waals surface area contributed by atoms with Crippen molar-refractivity contribution in [3.05, 3.63) is 108 Å². The molecule has 0 fully saturated rings. The van der Waals surface area contributed by atoms with Crippen molar-refractivity contribution in [2.75, 3.05) is 0 Å². The Bertz CT molecular complexity index is 1290. The number of fused-ring (bicyclic) bond motifs is 1. The van der Waals surface area contributed by atoms with E-state index in [2.05, 4.69) is 9.97 Å². The second-order valence-electron chi connectivity index (χ2n) is 7.25. The average Bonchev–Trinajstić information content (AvgIpc) is 3.24. The number of hydrogen-bond acceptors (Lipinski definition) is 4. The van der Waals surface area contributed by atoms with Gasteiger partial charge in [0.15, 0.2) is 11.6 Å². The van der Waals surface area contributed by atoms with Gasteiger partial charge in [-0.2, -0.15) is 0 Å². The molecule has 2 aromatic carbocycles. The molecule has 0 amide bonds. The molecule has 4 rings (SSSR count). The van der Waals surface area contributed by atoms with E-state index >= 15 is 0 Å². The molecule has 0 bridgehead atoms. The van der Waals surface area contributed by atoms with Gasteiger partial charge in [0.25, 0.3) is 0 Å². The zero-order valence-electron chi connectivity index (χ0n) is 17.4. The van der Waals surface area contributed by atoms with Gasteiger partial charge in [0.1, 0.15) is 12.4 Å². The van der Waals surface area contributed by atoms with Gasteiger partial charge in [-0.05, 0) is 59.7 Å². The second-order valence-corrected chi connectivity index (χ2v) is 7.25. The molecule has 0 saturated heterocycles. The lowest BCUT2D eigenvalue weighted by Gasteiger charge is -2.06. The number of nitrogens with one attached hydrogen (secondary N) is 1. The third kappa shape index (κ3) is 5.67. The van der Waals surface area contributed by atoms with Gasteiger partial charge >= 0.3 is 0 Å². The predicted molar refractivity (Wildman–Crippen MR) is 126 cm³/mol. The van der Waals surface area contributed by atoms with Gasteiger partial charge in [-0.3, -0.25) is 14.6 Å². The minimum Gasteiger partial charge on any atom is -0.487 e. The van der Waals surface area contributed by atoms with E-state index in [1.807, 2.05) is 72.9 Å². The maximum Gasteiger partial charge on any atom is 0.163 e. The van der Waals surface area contributed by atoms with Gasteiger partial charge in [0, 0.05) is 23.3 Å². The lowest BCUT2D eigenvalue weighted by Crippen LogP contribution is -2.01. The van der Waals surface area contributed by atoms with Gasteiger partial charge in [0.05, 0.1) is 12.1 Å². The predicted octanol–water partition coefficient (Wildman–Crippen LogP) is 5.40. The fourth-order valence-corrected chi connectivity index (χ4v) is 3.24. The number of aromatic nitrogens is 2. The minimum absolute atomic E-state index is 0.175. The summed E-state index contributed by atoms with van der Waals surface area (Å²) in [6, 6.07) is 20.9. The van der Waals surface area contributed by atoms with E-state index in [1.54, 1.807) is 18.3 Å². The Morgan fingerprint density at radius 3 is 2.56 bits per heavy atom. The number of allylic oxidation sites excluding steroid dienone is 2. The Morgan fingerprint density at radius 2 is 1.72 bits per heavy atom. The first kappa shape index (κ1) is 21.0. The van der Waals surface area contributed by atoms with Crippen LogP contribution in [-0.4, -0.2) is 21.5 Å². The quantitative estimate of drug-likeness (QED) is 0.290. The van der Waals surface area contributed by atoms with E-state index in [1.165, 1.54) is 12.2 Å². The Morgan fingerprint density at radius 1 is 0.906 bits per heavy atom. The van der Waals surface area contributed by atoms with Crippen LogP contribution < -0.4 is 4.74 Å². The molecule has 5 nitrogen and oxygen atoms in total. The molecule has 0 atom stereocenters. The topological polar surface area (TPSA) is 72.0 Å². The van der Waals surface area contributed by atoms with Gasteiger partial charge in [0.2, 0.25) is 0 Å². The van der Waals surface area contributed by atoms with Crippen LogP contribution in [-0.2, 0) is 16.2 Å². The molecular formula is C27H22N2O3. The largest absolute Gasteiger partial charge is 0.487 e. The molecule has 32 heavy (non-hydrogen) atoms. The zero-order valence-corrected chi connectivity index (χ0v) is 17.4. The standard InChI is InChI=1S/C27H22N2O3/c30-23(17-24(31)14-12-21-18-29-27-10-2-1-9-26(21)27)13-11-20-6-5-8-25(16-20)32-19-22-7-3-4-15-28-22/h1-16,18,29H,17,19H2. The molecule has 0 unspecified atom stereocenters. The van der Waals surface area contributed by atoms with Crippen LogP contribution in [0.5, 0.6) is 5.75 Å². The molecule has 5 heteroatoms. The summed E-state index contributed by atoms with van der Waals surface area (Å²) >= 11 is 0. The maximum atomic E-state index is 12.2. The first-order valence-corrected chi connectivity index (χ1v) is 10.3. The van der Waals surface area contributed by atoms with Crippen molar-refractivity contribution in [3.8, 4) is 5.75 Å². The average molecular weight is 422 g/mol. The number of nitrogens with zero attached hydrogens (tertiary/aromatic N) is 1. The molecule has 2 heterocycles. The number of para-hydroxylation sites is 1. The van der Waals surface area contributed by atoms with Crippen molar-refractivity contribution >= 4 is 34.6 Å². The van der Waals surface area contributed by atoms with E-state index in [0.717, 1.165) is 27.7 Å². The van der Waals surface area contributed by atoms with Crippen molar-refractivity contribution in [1.82, 2.24) is 9.97 Å². The number of pyridine rings is 1. The molecule has 1 N–H and O–H groups in total.